The quantitative estimate of drug-likeness (QED) is 0.156. The Morgan fingerprint density at radius 2 is 1.57 bits per heavy atom. The third kappa shape index (κ3) is 8.68. The van der Waals surface area contributed by atoms with Gasteiger partial charge in [-0.15, -0.1) is 0 Å². The summed E-state index contributed by atoms with van der Waals surface area (Å²) in [5.41, 5.74) is -3.86. The topological polar surface area (TPSA) is 0 Å². The molecule has 174 valence electrons. The normalized spacial score (nSPS) is 15.8. The minimum atomic E-state index is -4.27. The molecule has 0 saturated heterocycles. The molecule has 3 unspecified atom stereocenters. The number of hydrogen-bond donors (Lipinski definition) is 0. The molecule has 3 atom stereocenters. The van der Waals surface area contributed by atoms with Crippen LogP contribution in [0.4, 0.5) is 35.1 Å². The van der Waals surface area contributed by atoms with Crippen molar-refractivity contribution in [2.45, 2.75) is 83.2 Å². The van der Waals surface area contributed by atoms with Gasteiger partial charge in [0.2, 0.25) is 0 Å². The van der Waals surface area contributed by atoms with Crippen molar-refractivity contribution in [3.8, 4) is 0 Å². The number of alkyl halides is 6. The maximum absolute atomic E-state index is 15.0. The summed E-state index contributed by atoms with van der Waals surface area (Å²) in [5.74, 6) is -2.84. The minimum Gasteiger partial charge on any atom is -0.240 e. The standard InChI is InChI=1S/C21H29F8P/c1-3-9-15(2)14-30(17-11-8-10-16(22)19(17)24)21(28,29)18(23)12-6-4-5-7-13-20(25,26)27/h8,10-11,15,18H,3-7,9,12-14H2,1-2H3. The zero-order valence-electron chi connectivity index (χ0n) is 17.2. The maximum atomic E-state index is 15.0. The van der Waals surface area contributed by atoms with Crippen LogP contribution in [0.15, 0.2) is 18.2 Å². The summed E-state index contributed by atoms with van der Waals surface area (Å²) in [4.78, 5) is 0. The molecule has 0 aromatic heterocycles. The summed E-state index contributed by atoms with van der Waals surface area (Å²) in [6.07, 6.45) is -6.90. The highest BCUT2D eigenvalue weighted by molar-refractivity contribution is 7.66. The fourth-order valence-electron chi connectivity index (χ4n) is 3.32. The maximum Gasteiger partial charge on any atom is 0.389 e. The molecule has 0 amide bonds. The SMILES string of the molecule is CCCC(C)CP(c1cccc(F)c1F)C(F)(F)C(F)CCCCCCC(F)(F)F. The smallest absolute Gasteiger partial charge is 0.240 e. The summed E-state index contributed by atoms with van der Waals surface area (Å²) in [5, 5.41) is -0.481. The van der Waals surface area contributed by atoms with E-state index in [0.29, 0.717) is 6.42 Å². The first-order chi connectivity index (χ1) is 13.9. The second-order valence-corrected chi connectivity index (χ2v) is 10.0. The van der Waals surface area contributed by atoms with Crippen LogP contribution in [-0.2, 0) is 0 Å². The Hall–Kier alpha value is -0.910. The monoisotopic (exact) mass is 464 g/mol. The third-order valence-corrected chi connectivity index (χ3v) is 7.82. The van der Waals surface area contributed by atoms with Crippen molar-refractivity contribution in [1.29, 1.82) is 0 Å². The number of benzene rings is 1. The second kappa shape index (κ2) is 12.2. The van der Waals surface area contributed by atoms with Gasteiger partial charge in [0, 0.05) is 19.6 Å². The number of halogens is 8. The van der Waals surface area contributed by atoms with Crippen molar-refractivity contribution in [3.63, 3.8) is 0 Å². The van der Waals surface area contributed by atoms with Crippen molar-refractivity contribution in [3.05, 3.63) is 29.8 Å². The first-order valence-corrected chi connectivity index (χ1v) is 11.7. The van der Waals surface area contributed by atoms with Crippen molar-refractivity contribution in [2.24, 2.45) is 5.92 Å². The molecular weight excluding hydrogens is 435 g/mol. The van der Waals surface area contributed by atoms with Gasteiger partial charge in [0.1, 0.15) is 0 Å². The molecule has 0 nitrogen and oxygen atoms in total. The predicted molar refractivity (Wildman–Crippen MR) is 105 cm³/mol. The van der Waals surface area contributed by atoms with E-state index in [0.717, 1.165) is 24.6 Å². The van der Waals surface area contributed by atoms with E-state index >= 15 is 8.78 Å². The third-order valence-electron chi connectivity index (χ3n) is 4.90. The van der Waals surface area contributed by atoms with Gasteiger partial charge >= 0.3 is 6.18 Å². The van der Waals surface area contributed by atoms with Gasteiger partial charge in [-0.3, -0.25) is 0 Å². The van der Waals surface area contributed by atoms with E-state index in [-0.39, 0.29) is 37.8 Å². The molecule has 0 aliphatic rings. The Kier molecular flexibility index (Phi) is 11.0. The number of rotatable bonds is 13. The molecule has 1 aromatic carbocycles. The highest BCUT2D eigenvalue weighted by atomic mass is 31.1. The van der Waals surface area contributed by atoms with E-state index < -0.39 is 55.7 Å². The molecule has 1 aromatic rings. The van der Waals surface area contributed by atoms with E-state index in [1.165, 1.54) is 0 Å². The first-order valence-electron chi connectivity index (χ1n) is 10.2. The van der Waals surface area contributed by atoms with E-state index in [1.807, 2.05) is 6.92 Å². The van der Waals surface area contributed by atoms with Gasteiger partial charge < -0.3 is 0 Å². The number of hydrogen-bond acceptors (Lipinski definition) is 0. The molecule has 0 aliphatic heterocycles. The Labute approximate surface area is 174 Å². The van der Waals surface area contributed by atoms with Crippen LogP contribution in [0.3, 0.4) is 0 Å². The number of unbranched alkanes of at least 4 members (excludes halogenated alkanes) is 3. The van der Waals surface area contributed by atoms with Crippen LogP contribution in [0.25, 0.3) is 0 Å². The molecule has 0 spiro atoms. The Morgan fingerprint density at radius 3 is 2.17 bits per heavy atom. The molecule has 0 aliphatic carbocycles. The van der Waals surface area contributed by atoms with Crippen molar-refractivity contribution in [2.75, 3.05) is 6.16 Å². The van der Waals surface area contributed by atoms with Gasteiger partial charge in [-0.1, -0.05) is 58.1 Å². The summed E-state index contributed by atoms with van der Waals surface area (Å²) < 4.78 is 109. The highest BCUT2D eigenvalue weighted by Crippen LogP contribution is 2.56. The Bertz CT molecular complexity index is 632. The van der Waals surface area contributed by atoms with Crippen LogP contribution in [0.1, 0.15) is 65.2 Å². The molecule has 1 rings (SSSR count). The average Bonchev–Trinajstić information content (AvgIpc) is 2.64. The average molecular weight is 464 g/mol. The zero-order chi connectivity index (χ0) is 22.9. The highest BCUT2D eigenvalue weighted by Gasteiger charge is 2.49. The largest absolute Gasteiger partial charge is 0.389 e. The molecule has 0 radical (unpaired) electrons. The van der Waals surface area contributed by atoms with Gasteiger partial charge in [-0.05, 0) is 31.0 Å². The lowest BCUT2D eigenvalue weighted by atomic mass is 10.1. The molecule has 0 bridgehead atoms. The summed E-state index contributed by atoms with van der Waals surface area (Å²) >= 11 is 0. The molecule has 0 heterocycles. The van der Waals surface area contributed by atoms with Crippen molar-refractivity contribution in [1.82, 2.24) is 0 Å². The van der Waals surface area contributed by atoms with Crippen LogP contribution >= 0.6 is 7.92 Å². The fraction of sp³-hybridized carbons (Fsp3) is 0.714. The van der Waals surface area contributed by atoms with Crippen LogP contribution < -0.4 is 5.30 Å². The molecule has 0 fully saturated rings. The molecule has 30 heavy (non-hydrogen) atoms. The van der Waals surface area contributed by atoms with Gasteiger partial charge in [0.15, 0.2) is 17.8 Å². The van der Waals surface area contributed by atoms with Crippen LogP contribution in [0, 0.1) is 17.6 Å². The summed E-state index contributed by atoms with van der Waals surface area (Å²) in [6, 6.07) is 3.05. The second-order valence-electron chi connectivity index (χ2n) is 7.70. The molecule has 0 saturated carbocycles. The lowest BCUT2D eigenvalue weighted by Gasteiger charge is -2.32. The van der Waals surface area contributed by atoms with E-state index in [9.17, 15) is 26.3 Å². The molecular formula is C21H29F8P. The Morgan fingerprint density at radius 1 is 0.933 bits per heavy atom. The zero-order valence-corrected chi connectivity index (χ0v) is 18.1. The van der Waals surface area contributed by atoms with Gasteiger partial charge in [-0.25, -0.2) is 13.2 Å². The lowest BCUT2D eigenvalue weighted by molar-refractivity contribution is -0.135. The van der Waals surface area contributed by atoms with Crippen LogP contribution in [0.2, 0.25) is 0 Å². The lowest BCUT2D eigenvalue weighted by Crippen LogP contribution is -2.34. The Balaban J connectivity index is 2.84. The van der Waals surface area contributed by atoms with Gasteiger partial charge in [-0.2, -0.15) is 22.0 Å². The summed E-state index contributed by atoms with van der Waals surface area (Å²) in [6.45, 7) is 3.59. The summed E-state index contributed by atoms with van der Waals surface area (Å²) in [7, 11) is -2.64. The fourth-order valence-corrected chi connectivity index (χ4v) is 5.97. The predicted octanol–water partition coefficient (Wildman–Crippen LogP) is 8.34. The van der Waals surface area contributed by atoms with Gasteiger partial charge in [0.25, 0.3) is 5.66 Å². The minimum absolute atomic E-state index is 0.00787. The van der Waals surface area contributed by atoms with E-state index in [2.05, 4.69) is 0 Å². The van der Waals surface area contributed by atoms with Crippen molar-refractivity contribution >= 4 is 13.2 Å². The molecule has 0 N–H and O–H groups in total. The molecule has 9 heteroatoms. The van der Waals surface area contributed by atoms with Crippen molar-refractivity contribution < 1.29 is 35.1 Å². The van der Waals surface area contributed by atoms with E-state index in [4.69, 9.17) is 0 Å². The van der Waals surface area contributed by atoms with Crippen LogP contribution in [0.5, 0.6) is 0 Å². The van der Waals surface area contributed by atoms with Crippen LogP contribution in [-0.4, -0.2) is 24.2 Å². The first kappa shape index (κ1) is 27.1. The van der Waals surface area contributed by atoms with Gasteiger partial charge in [0.05, 0.1) is 0 Å². The van der Waals surface area contributed by atoms with E-state index in [1.54, 1.807) is 6.92 Å².